The third-order valence-corrected chi connectivity index (χ3v) is 4.34. The van der Waals surface area contributed by atoms with Crippen molar-refractivity contribution in [2.24, 2.45) is 7.05 Å². The van der Waals surface area contributed by atoms with Gasteiger partial charge in [0.1, 0.15) is 5.69 Å². The minimum absolute atomic E-state index is 0.113. The van der Waals surface area contributed by atoms with Crippen LogP contribution in [0.5, 0.6) is 0 Å². The maximum atomic E-state index is 11.7. The molecule has 25 heavy (non-hydrogen) atoms. The minimum atomic E-state index is -0.482. The van der Waals surface area contributed by atoms with Gasteiger partial charge < -0.3 is 10.6 Å². The van der Waals surface area contributed by atoms with Gasteiger partial charge in [-0.25, -0.2) is 0 Å². The average Bonchev–Trinajstić information content (AvgIpc) is 2.84. The molecule has 1 aromatic carbocycles. The highest BCUT2D eigenvalue weighted by Gasteiger charge is 2.23. The predicted octanol–water partition coefficient (Wildman–Crippen LogP) is 2.87. The minimum Gasteiger partial charge on any atom is -0.373 e. The smallest absolute Gasteiger partial charge is 0.293 e. The van der Waals surface area contributed by atoms with Gasteiger partial charge in [-0.15, -0.1) is 0 Å². The fourth-order valence-corrected chi connectivity index (χ4v) is 2.95. The lowest BCUT2D eigenvalue weighted by Gasteiger charge is -2.19. The number of aryl methyl sites for hydroxylation is 2. The molecule has 0 radical (unpaired) electrons. The van der Waals surface area contributed by atoms with E-state index >= 15 is 0 Å². The first kappa shape index (κ1) is 18.4. The summed E-state index contributed by atoms with van der Waals surface area (Å²) >= 11 is 0. The summed E-state index contributed by atoms with van der Waals surface area (Å²) in [4.78, 5) is 22.7. The molecule has 1 amide bonds. The number of nitrogens with one attached hydrogen (secondary N) is 2. The molecule has 1 unspecified atom stereocenters. The topological polar surface area (TPSA) is 102 Å². The molecule has 0 saturated heterocycles. The van der Waals surface area contributed by atoms with Gasteiger partial charge in [0, 0.05) is 37.0 Å². The highest BCUT2D eigenvalue weighted by atomic mass is 16.6. The molecule has 2 rings (SSSR count). The molecule has 0 fully saturated rings. The van der Waals surface area contributed by atoms with E-state index in [0.717, 1.165) is 23.4 Å². The molecule has 134 valence electrons. The largest absolute Gasteiger partial charge is 0.373 e. The van der Waals surface area contributed by atoms with E-state index in [4.69, 9.17) is 0 Å². The summed E-state index contributed by atoms with van der Waals surface area (Å²) < 4.78 is 1.80. The number of nitro groups is 1. The number of benzene rings is 1. The first-order valence-electron chi connectivity index (χ1n) is 8.07. The molecular weight excluding hydrogens is 322 g/mol. The van der Waals surface area contributed by atoms with Crippen molar-refractivity contribution in [2.75, 3.05) is 12.4 Å². The highest BCUT2D eigenvalue weighted by Crippen LogP contribution is 2.32. The van der Waals surface area contributed by atoms with Gasteiger partial charge in [0.25, 0.3) is 11.6 Å². The number of nitro benzene ring substituents is 1. The SMILES string of the molecule is CCC(Nc1ccc(C(=O)NC)cc1[N+](=O)[O-])c1c(C)nn(C)c1C. The molecule has 2 N–H and O–H groups in total. The van der Waals surface area contributed by atoms with Crippen molar-refractivity contribution in [1.29, 1.82) is 0 Å². The predicted molar refractivity (Wildman–Crippen MR) is 95.8 cm³/mol. The molecule has 1 atom stereocenters. The molecule has 8 nitrogen and oxygen atoms in total. The summed E-state index contributed by atoms with van der Waals surface area (Å²) in [7, 11) is 3.36. The van der Waals surface area contributed by atoms with Crippen LogP contribution in [0.15, 0.2) is 18.2 Å². The maximum absolute atomic E-state index is 11.7. The number of carbonyl (C=O) groups is 1. The molecule has 2 aromatic rings. The van der Waals surface area contributed by atoms with E-state index in [9.17, 15) is 14.9 Å². The third-order valence-electron chi connectivity index (χ3n) is 4.34. The van der Waals surface area contributed by atoms with E-state index in [1.165, 1.54) is 13.1 Å². The molecule has 0 bridgehead atoms. The Labute approximate surface area is 146 Å². The molecule has 1 heterocycles. The lowest BCUT2D eigenvalue weighted by atomic mass is 10.0. The Morgan fingerprint density at radius 1 is 1.40 bits per heavy atom. The van der Waals surface area contributed by atoms with Gasteiger partial charge in [-0.1, -0.05) is 6.92 Å². The van der Waals surface area contributed by atoms with Crippen LogP contribution < -0.4 is 10.6 Å². The molecule has 0 aliphatic carbocycles. The Hall–Kier alpha value is -2.90. The number of nitrogens with zero attached hydrogens (tertiary/aromatic N) is 3. The number of amides is 1. The first-order chi connectivity index (χ1) is 11.8. The van der Waals surface area contributed by atoms with Gasteiger partial charge in [0.2, 0.25) is 0 Å². The van der Waals surface area contributed by atoms with E-state index in [1.807, 2.05) is 27.8 Å². The van der Waals surface area contributed by atoms with Crippen LogP contribution in [-0.4, -0.2) is 27.7 Å². The molecule has 1 aromatic heterocycles. The van der Waals surface area contributed by atoms with Gasteiger partial charge in [-0.2, -0.15) is 5.10 Å². The van der Waals surface area contributed by atoms with Crippen molar-refractivity contribution < 1.29 is 9.72 Å². The Morgan fingerprint density at radius 3 is 2.56 bits per heavy atom. The van der Waals surface area contributed by atoms with Crippen LogP contribution in [0.3, 0.4) is 0 Å². The average molecular weight is 345 g/mol. The monoisotopic (exact) mass is 345 g/mol. The first-order valence-corrected chi connectivity index (χ1v) is 8.07. The Bertz CT molecular complexity index is 813. The van der Waals surface area contributed by atoms with Crippen LogP contribution in [0.25, 0.3) is 0 Å². The molecule has 0 aliphatic heterocycles. The summed E-state index contributed by atoms with van der Waals surface area (Å²) in [6, 6.07) is 4.32. The summed E-state index contributed by atoms with van der Waals surface area (Å²) in [5, 5.41) is 21.6. The van der Waals surface area contributed by atoms with E-state index in [1.54, 1.807) is 16.8 Å². The molecule has 0 aliphatic rings. The van der Waals surface area contributed by atoms with Crippen molar-refractivity contribution in [1.82, 2.24) is 15.1 Å². The Morgan fingerprint density at radius 2 is 2.08 bits per heavy atom. The van der Waals surface area contributed by atoms with Gasteiger partial charge in [0.15, 0.2) is 0 Å². The van der Waals surface area contributed by atoms with Crippen LogP contribution in [0.1, 0.15) is 46.7 Å². The van der Waals surface area contributed by atoms with Gasteiger partial charge in [0.05, 0.1) is 16.7 Å². The summed E-state index contributed by atoms with van der Waals surface area (Å²) in [5.74, 6) is -0.361. The number of hydrogen-bond acceptors (Lipinski definition) is 5. The molecule has 8 heteroatoms. The number of aromatic nitrogens is 2. The van der Waals surface area contributed by atoms with Crippen LogP contribution in [0.2, 0.25) is 0 Å². The second kappa shape index (κ2) is 7.33. The molecule has 0 saturated carbocycles. The second-order valence-corrected chi connectivity index (χ2v) is 5.88. The zero-order chi connectivity index (χ0) is 18.7. The van der Waals surface area contributed by atoms with Gasteiger partial charge in [-0.3, -0.25) is 19.6 Å². The number of anilines is 1. The lowest BCUT2D eigenvalue weighted by Crippen LogP contribution is -2.18. The zero-order valence-corrected chi connectivity index (χ0v) is 15.1. The van der Waals surface area contributed by atoms with E-state index < -0.39 is 4.92 Å². The lowest BCUT2D eigenvalue weighted by molar-refractivity contribution is -0.384. The van der Waals surface area contributed by atoms with Crippen molar-refractivity contribution in [3.8, 4) is 0 Å². The van der Waals surface area contributed by atoms with Crippen molar-refractivity contribution >= 4 is 17.3 Å². The summed E-state index contributed by atoms with van der Waals surface area (Å²) in [5.41, 5.74) is 3.45. The van der Waals surface area contributed by atoms with Gasteiger partial charge in [-0.05, 0) is 32.4 Å². The quantitative estimate of drug-likeness (QED) is 0.619. The Kier molecular flexibility index (Phi) is 5.41. The maximum Gasteiger partial charge on any atom is 0.293 e. The standard InChI is InChI=1S/C17H23N5O3/c1-6-13(16-10(2)20-21(5)11(16)3)19-14-8-7-12(17(23)18-4)9-15(14)22(24)25/h7-9,13,19H,6H2,1-5H3,(H,18,23). The van der Waals surface area contributed by atoms with Crippen molar-refractivity contribution in [3.63, 3.8) is 0 Å². The highest BCUT2D eigenvalue weighted by molar-refractivity contribution is 5.95. The normalized spacial score (nSPS) is 11.9. The summed E-state index contributed by atoms with van der Waals surface area (Å²) in [6.07, 6.45) is 0.738. The van der Waals surface area contributed by atoms with Crippen LogP contribution in [-0.2, 0) is 7.05 Å². The van der Waals surface area contributed by atoms with E-state index in [2.05, 4.69) is 15.7 Å². The fraction of sp³-hybridized carbons (Fsp3) is 0.412. The number of rotatable bonds is 6. The second-order valence-electron chi connectivity index (χ2n) is 5.88. The van der Waals surface area contributed by atoms with Gasteiger partial charge >= 0.3 is 0 Å². The van der Waals surface area contributed by atoms with Crippen LogP contribution in [0.4, 0.5) is 11.4 Å². The van der Waals surface area contributed by atoms with Crippen LogP contribution >= 0.6 is 0 Å². The van der Waals surface area contributed by atoms with Crippen LogP contribution in [0, 0.1) is 24.0 Å². The summed E-state index contributed by atoms with van der Waals surface area (Å²) in [6.45, 7) is 5.91. The van der Waals surface area contributed by atoms with Crippen molar-refractivity contribution in [3.05, 3.63) is 50.8 Å². The third kappa shape index (κ3) is 3.62. The molecule has 0 spiro atoms. The van der Waals surface area contributed by atoms with E-state index in [-0.39, 0.29) is 23.2 Å². The van der Waals surface area contributed by atoms with Crippen molar-refractivity contribution in [2.45, 2.75) is 33.2 Å². The number of hydrogen-bond donors (Lipinski definition) is 2. The number of carbonyl (C=O) groups excluding carboxylic acids is 1. The zero-order valence-electron chi connectivity index (χ0n) is 15.1. The molecular formula is C17H23N5O3. The Balaban J connectivity index is 2.43. The fourth-order valence-electron chi connectivity index (χ4n) is 2.95. The van der Waals surface area contributed by atoms with E-state index in [0.29, 0.717) is 5.69 Å².